The average molecular weight is 234 g/mol. The first kappa shape index (κ1) is 13.1. The van der Waals surface area contributed by atoms with E-state index in [0.717, 1.165) is 12.1 Å². The van der Waals surface area contributed by atoms with E-state index < -0.39 is 34.5 Å². The molecule has 1 aromatic carbocycles. The summed E-state index contributed by atoms with van der Waals surface area (Å²) in [5, 5.41) is 26.4. The number of aromatic carboxylic acids is 2. The Labute approximate surface area is 90.4 Å². The highest BCUT2D eigenvalue weighted by molar-refractivity contribution is 6.06. The van der Waals surface area contributed by atoms with Gasteiger partial charge in [-0.25, -0.2) is 9.59 Å². The van der Waals surface area contributed by atoms with Crippen LogP contribution in [0.4, 0.5) is 5.69 Å². The average Bonchev–Trinajstić information content (AvgIpc) is 2.08. The van der Waals surface area contributed by atoms with Crippen LogP contribution in [0.2, 0.25) is 0 Å². The number of carbonyl (C=O) groups is 2. The molecule has 0 saturated heterocycles. The van der Waals surface area contributed by atoms with Crippen molar-refractivity contribution in [3.63, 3.8) is 0 Å². The number of carboxylic acid groups (broad SMARTS) is 2. The highest BCUT2D eigenvalue weighted by atomic mass is 35.5. The van der Waals surface area contributed by atoms with Gasteiger partial charge in [0.25, 0.3) is 0 Å². The van der Waals surface area contributed by atoms with Crippen LogP contribution in [-0.2, 0) is 0 Å². The number of anilines is 1. The number of hydrogen-bond acceptors (Lipinski definition) is 4. The van der Waals surface area contributed by atoms with Crippen molar-refractivity contribution in [1.82, 2.24) is 0 Å². The van der Waals surface area contributed by atoms with Gasteiger partial charge in [0.2, 0.25) is 0 Å². The maximum Gasteiger partial charge on any atom is 0.338 e. The molecule has 0 spiro atoms. The van der Waals surface area contributed by atoms with Gasteiger partial charge in [-0.05, 0) is 12.1 Å². The van der Waals surface area contributed by atoms with Gasteiger partial charge in [-0.3, -0.25) is 0 Å². The lowest BCUT2D eigenvalue weighted by Crippen LogP contribution is -2.11. The van der Waals surface area contributed by atoms with E-state index in [1.807, 2.05) is 0 Å². The second-order valence-electron chi connectivity index (χ2n) is 2.53. The van der Waals surface area contributed by atoms with Crippen molar-refractivity contribution in [1.29, 1.82) is 0 Å². The van der Waals surface area contributed by atoms with Gasteiger partial charge in [-0.15, -0.1) is 12.4 Å². The number of hydrogen-bond donors (Lipinski definition) is 4. The number of aromatic hydroxyl groups is 1. The van der Waals surface area contributed by atoms with Crippen LogP contribution in [0.5, 0.6) is 5.75 Å². The molecule has 1 rings (SSSR count). The molecule has 0 fully saturated rings. The van der Waals surface area contributed by atoms with E-state index in [1.165, 1.54) is 0 Å². The van der Waals surface area contributed by atoms with Gasteiger partial charge in [-0.2, -0.15) is 0 Å². The van der Waals surface area contributed by atoms with E-state index in [-0.39, 0.29) is 12.4 Å². The molecule has 1 aromatic rings. The second kappa shape index (κ2) is 4.52. The third kappa shape index (κ3) is 2.29. The van der Waals surface area contributed by atoms with E-state index in [4.69, 9.17) is 21.1 Å². The first-order valence-electron chi connectivity index (χ1n) is 3.53. The van der Waals surface area contributed by atoms with Crippen molar-refractivity contribution in [2.24, 2.45) is 0 Å². The van der Waals surface area contributed by atoms with Crippen molar-refractivity contribution in [3.8, 4) is 5.75 Å². The SMILES string of the molecule is Cl.Nc1c(O)ccc(C(=O)O)c1C(=O)O. The summed E-state index contributed by atoms with van der Waals surface area (Å²) < 4.78 is 0. The Morgan fingerprint density at radius 3 is 2.07 bits per heavy atom. The number of nitrogen functional groups attached to an aromatic ring is 1. The standard InChI is InChI=1S/C8H7NO5.ClH/c9-6-4(10)2-1-3(7(11)12)5(6)8(13)14;/h1-2,10H,9H2,(H,11,12)(H,13,14);1H. The molecule has 0 atom stereocenters. The molecule has 5 N–H and O–H groups in total. The van der Waals surface area contributed by atoms with Crippen molar-refractivity contribution in [2.75, 3.05) is 5.73 Å². The van der Waals surface area contributed by atoms with Crippen LogP contribution in [-0.4, -0.2) is 27.3 Å². The molecule has 15 heavy (non-hydrogen) atoms. The second-order valence-corrected chi connectivity index (χ2v) is 2.53. The van der Waals surface area contributed by atoms with Gasteiger partial charge in [-0.1, -0.05) is 0 Å². The van der Waals surface area contributed by atoms with Gasteiger partial charge in [0, 0.05) is 0 Å². The van der Waals surface area contributed by atoms with Gasteiger partial charge >= 0.3 is 11.9 Å². The minimum atomic E-state index is -1.49. The van der Waals surface area contributed by atoms with E-state index in [0.29, 0.717) is 0 Å². The lowest BCUT2D eigenvalue weighted by Gasteiger charge is -2.06. The summed E-state index contributed by atoms with van der Waals surface area (Å²) in [7, 11) is 0. The van der Waals surface area contributed by atoms with Crippen LogP contribution in [0.15, 0.2) is 12.1 Å². The van der Waals surface area contributed by atoms with E-state index in [2.05, 4.69) is 0 Å². The zero-order valence-electron chi connectivity index (χ0n) is 7.30. The maximum absolute atomic E-state index is 10.6. The predicted molar refractivity (Wildman–Crippen MR) is 53.7 cm³/mol. The summed E-state index contributed by atoms with van der Waals surface area (Å²) in [5.74, 6) is -3.35. The van der Waals surface area contributed by atoms with Gasteiger partial charge < -0.3 is 21.1 Å². The molecule has 0 amide bonds. The Morgan fingerprint density at radius 2 is 1.67 bits per heavy atom. The molecular formula is C8H8ClNO5. The van der Waals surface area contributed by atoms with Crippen LogP contribution < -0.4 is 5.73 Å². The first-order valence-corrected chi connectivity index (χ1v) is 3.53. The van der Waals surface area contributed by atoms with Crippen LogP contribution in [0, 0.1) is 0 Å². The van der Waals surface area contributed by atoms with E-state index in [1.54, 1.807) is 0 Å². The van der Waals surface area contributed by atoms with Crippen LogP contribution in [0.25, 0.3) is 0 Å². The lowest BCUT2D eigenvalue weighted by atomic mass is 10.1. The Hall–Kier alpha value is -1.95. The molecule has 0 unspecified atom stereocenters. The topological polar surface area (TPSA) is 121 Å². The minimum absolute atomic E-state index is 0. The smallest absolute Gasteiger partial charge is 0.338 e. The van der Waals surface area contributed by atoms with Gasteiger partial charge in [0.15, 0.2) is 0 Å². The number of rotatable bonds is 2. The molecule has 0 heterocycles. The Morgan fingerprint density at radius 1 is 1.13 bits per heavy atom. The van der Waals surface area contributed by atoms with E-state index >= 15 is 0 Å². The van der Waals surface area contributed by atoms with Gasteiger partial charge in [0.1, 0.15) is 11.3 Å². The normalized spacial score (nSPS) is 9.07. The summed E-state index contributed by atoms with van der Waals surface area (Å²) in [6.45, 7) is 0. The molecule has 0 radical (unpaired) electrons. The third-order valence-corrected chi connectivity index (χ3v) is 1.67. The van der Waals surface area contributed by atoms with Crippen LogP contribution in [0.1, 0.15) is 20.7 Å². The number of benzene rings is 1. The molecule has 0 aliphatic rings. The molecule has 0 aliphatic carbocycles. The zero-order chi connectivity index (χ0) is 10.9. The summed E-state index contributed by atoms with van der Waals surface area (Å²) in [6.07, 6.45) is 0. The highest BCUT2D eigenvalue weighted by Gasteiger charge is 2.20. The highest BCUT2D eigenvalue weighted by Crippen LogP contribution is 2.27. The molecule has 7 heteroatoms. The Balaban J connectivity index is 0.00000196. The number of phenolic OH excluding ortho intramolecular Hbond substituents is 1. The monoisotopic (exact) mass is 233 g/mol. The molecule has 0 saturated carbocycles. The number of phenols is 1. The number of carboxylic acids is 2. The summed E-state index contributed by atoms with van der Waals surface area (Å²) in [5.41, 5.74) is 3.73. The van der Waals surface area contributed by atoms with E-state index in [9.17, 15) is 9.59 Å². The van der Waals surface area contributed by atoms with Crippen molar-refractivity contribution < 1.29 is 24.9 Å². The van der Waals surface area contributed by atoms with Crippen LogP contribution >= 0.6 is 12.4 Å². The molecule has 0 aliphatic heterocycles. The number of halogens is 1. The lowest BCUT2D eigenvalue weighted by molar-refractivity contribution is 0.0652. The maximum atomic E-state index is 10.6. The minimum Gasteiger partial charge on any atom is -0.506 e. The molecule has 0 aromatic heterocycles. The van der Waals surface area contributed by atoms with Crippen molar-refractivity contribution >= 4 is 30.0 Å². The molecule has 6 nitrogen and oxygen atoms in total. The fourth-order valence-corrected chi connectivity index (χ4v) is 1.02. The predicted octanol–water partition coefficient (Wildman–Crippen LogP) is 0.793. The Bertz CT molecular complexity index is 418. The molecule has 0 bridgehead atoms. The first-order chi connectivity index (χ1) is 6.45. The number of nitrogens with two attached hydrogens (primary N) is 1. The summed E-state index contributed by atoms with van der Waals surface area (Å²) >= 11 is 0. The fraction of sp³-hybridized carbons (Fsp3) is 0. The van der Waals surface area contributed by atoms with Crippen LogP contribution in [0.3, 0.4) is 0 Å². The van der Waals surface area contributed by atoms with Crippen molar-refractivity contribution in [3.05, 3.63) is 23.3 Å². The Kier molecular flexibility index (Phi) is 3.93. The largest absolute Gasteiger partial charge is 0.506 e. The molecule has 82 valence electrons. The summed E-state index contributed by atoms with van der Waals surface area (Å²) in [4.78, 5) is 21.2. The zero-order valence-corrected chi connectivity index (χ0v) is 8.11. The quantitative estimate of drug-likeness (QED) is 0.443. The van der Waals surface area contributed by atoms with Gasteiger partial charge in [0.05, 0.1) is 11.3 Å². The summed E-state index contributed by atoms with van der Waals surface area (Å²) in [6, 6.07) is 2.02. The molecular weight excluding hydrogens is 226 g/mol. The fourth-order valence-electron chi connectivity index (χ4n) is 1.02. The van der Waals surface area contributed by atoms with Crippen molar-refractivity contribution in [2.45, 2.75) is 0 Å². The third-order valence-electron chi connectivity index (χ3n) is 1.67.